The maximum absolute atomic E-state index is 12.0. The van der Waals surface area contributed by atoms with Crippen LogP contribution in [0.4, 0.5) is 0 Å². The van der Waals surface area contributed by atoms with Crippen molar-refractivity contribution in [1.29, 1.82) is 0 Å². The molecule has 1 fully saturated rings. The van der Waals surface area contributed by atoms with Crippen LogP contribution in [0.25, 0.3) is 10.8 Å². The number of hydrogen-bond donors (Lipinski definition) is 1. The van der Waals surface area contributed by atoms with Crippen LogP contribution >= 0.6 is 0 Å². The fourth-order valence-corrected chi connectivity index (χ4v) is 2.93. The first-order valence-electron chi connectivity index (χ1n) is 8.45. The zero-order valence-electron chi connectivity index (χ0n) is 14.3. The Morgan fingerprint density at radius 2 is 2.08 bits per heavy atom. The van der Waals surface area contributed by atoms with Crippen LogP contribution in [-0.4, -0.2) is 39.6 Å². The molecule has 3 heterocycles. The molecule has 2 atom stereocenters. The van der Waals surface area contributed by atoms with Crippen LogP contribution in [0.5, 0.6) is 0 Å². The van der Waals surface area contributed by atoms with Gasteiger partial charge in [-0.1, -0.05) is 30.2 Å². The van der Waals surface area contributed by atoms with Crippen LogP contribution in [0.3, 0.4) is 0 Å². The second-order valence-corrected chi connectivity index (χ2v) is 6.09. The summed E-state index contributed by atoms with van der Waals surface area (Å²) in [5, 5.41) is 11.9. The molecule has 2 unspecified atom stereocenters. The lowest BCUT2D eigenvalue weighted by molar-refractivity contribution is 0.0437. The molecule has 1 amide bonds. The molecular formula is C21H20N2O3. The second-order valence-electron chi connectivity index (χ2n) is 6.09. The Hall–Kier alpha value is -3.10. The number of carbonyl (C=O) groups is 1. The monoisotopic (exact) mass is 348 g/mol. The van der Waals surface area contributed by atoms with E-state index in [4.69, 9.17) is 10.8 Å². The number of aliphatic hydroxyl groups excluding tert-OH is 1. The average molecular weight is 348 g/mol. The Morgan fingerprint density at radius 3 is 2.77 bits per heavy atom. The standard InChI is InChI=1S/C12H13NO3.C9H7N/c1-2-10-7-11(14)3-5-13(10)12(15)9-4-6-16-8-9;1-2-4-9-7-10-6-5-8(9)3-1/h1,4,6,8,10-11,14H,3,5,7H2;1-7H. The molecule has 4 rings (SSSR count). The van der Waals surface area contributed by atoms with Gasteiger partial charge in [0.2, 0.25) is 0 Å². The van der Waals surface area contributed by atoms with Crippen molar-refractivity contribution in [3.8, 4) is 12.3 Å². The molecule has 5 nitrogen and oxygen atoms in total. The lowest BCUT2D eigenvalue weighted by atomic mass is 9.99. The number of nitrogens with zero attached hydrogens (tertiary/aromatic N) is 2. The minimum Gasteiger partial charge on any atom is -0.472 e. The first kappa shape index (κ1) is 17.7. The molecule has 0 spiro atoms. The van der Waals surface area contributed by atoms with Crippen molar-refractivity contribution in [1.82, 2.24) is 9.88 Å². The Bertz CT molecular complexity index is 834. The summed E-state index contributed by atoms with van der Waals surface area (Å²) in [4.78, 5) is 17.6. The van der Waals surface area contributed by atoms with Crippen LogP contribution in [-0.2, 0) is 0 Å². The summed E-state index contributed by atoms with van der Waals surface area (Å²) in [5.41, 5.74) is 0.497. The van der Waals surface area contributed by atoms with Crippen LogP contribution in [0.2, 0.25) is 0 Å². The van der Waals surface area contributed by atoms with Crippen LogP contribution in [0.15, 0.2) is 65.7 Å². The number of fused-ring (bicyclic) bond motifs is 1. The van der Waals surface area contributed by atoms with E-state index in [2.05, 4.69) is 23.0 Å². The molecule has 132 valence electrons. The highest BCUT2D eigenvalue weighted by atomic mass is 16.3. The second kappa shape index (κ2) is 8.32. The summed E-state index contributed by atoms with van der Waals surface area (Å²) >= 11 is 0. The maximum Gasteiger partial charge on any atom is 0.258 e. The molecule has 1 saturated heterocycles. The number of aliphatic hydroxyl groups is 1. The van der Waals surface area contributed by atoms with Crippen LogP contribution in [0, 0.1) is 12.3 Å². The molecule has 0 aliphatic carbocycles. The van der Waals surface area contributed by atoms with Crippen molar-refractivity contribution in [2.45, 2.75) is 25.0 Å². The van der Waals surface area contributed by atoms with E-state index in [0.717, 1.165) is 0 Å². The molecule has 0 radical (unpaired) electrons. The Kier molecular flexibility index (Phi) is 5.67. The molecule has 26 heavy (non-hydrogen) atoms. The van der Waals surface area contributed by atoms with Gasteiger partial charge >= 0.3 is 0 Å². The van der Waals surface area contributed by atoms with Crippen molar-refractivity contribution >= 4 is 16.7 Å². The predicted octanol–water partition coefficient (Wildman–Crippen LogP) is 3.11. The number of likely N-dealkylation sites (tertiary alicyclic amines) is 1. The number of carbonyl (C=O) groups excluding carboxylic acids is 1. The van der Waals surface area contributed by atoms with Gasteiger partial charge in [-0.2, -0.15) is 0 Å². The van der Waals surface area contributed by atoms with Crippen molar-refractivity contribution in [2.75, 3.05) is 6.54 Å². The third-order valence-corrected chi connectivity index (χ3v) is 4.35. The molecule has 1 aliphatic rings. The zero-order valence-corrected chi connectivity index (χ0v) is 14.3. The molecule has 1 aliphatic heterocycles. The first-order valence-corrected chi connectivity index (χ1v) is 8.45. The average Bonchev–Trinajstić information content (AvgIpc) is 3.23. The van der Waals surface area contributed by atoms with E-state index in [1.807, 2.05) is 30.6 Å². The van der Waals surface area contributed by atoms with Gasteiger partial charge in [0.05, 0.1) is 24.0 Å². The predicted molar refractivity (Wildman–Crippen MR) is 99.3 cm³/mol. The summed E-state index contributed by atoms with van der Waals surface area (Å²) in [6.07, 6.45) is 12.5. The van der Waals surface area contributed by atoms with Gasteiger partial charge in [-0.05, 0) is 29.3 Å². The van der Waals surface area contributed by atoms with Crippen molar-refractivity contribution in [3.05, 3.63) is 66.9 Å². The molecule has 1 aromatic carbocycles. The van der Waals surface area contributed by atoms with Crippen LogP contribution < -0.4 is 0 Å². The summed E-state index contributed by atoms with van der Waals surface area (Å²) < 4.78 is 4.87. The maximum atomic E-state index is 12.0. The number of hydrogen-bond acceptors (Lipinski definition) is 4. The number of aromatic nitrogens is 1. The molecule has 0 saturated carbocycles. The molecule has 0 bridgehead atoms. The molecule has 2 aromatic heterocycles. The van der Waals surface area contributed by atoms with E-state index < -0.39 is 6.10 Å². The van der Waals surface area contributed by atoms with Gasteiger partial charge in [0.1, 0.15) is 6.26 Å². The topological polar surface area (TPSA) is 66.6 Å². The van der Waals surface area contributed by atoms with Gasteiger partial charge in [0, 0.05) is 25.4 Å². The quantitative estimate of drug-likeness (QED) is 0.686. The van der Waals surface area contributed by atoms with Crippen molar-refractivity contribution in [2.24, 2.45) is 0 Å². The van der Waals surface area contributed by atoms with E-state index in [0.29, 0.717) is 24.9 Å². The largest absolute Gasteiger partial charge is 0.472 e. The molecule has 3 aromatic rings. The normalized spacial score (nSPS) is 19.3. The number of terminal acetylenes is 1. The molecule has 5 heteroatoms. The summed E-state index contributed by atoms with van der Waals surface area (Å²) in [7, 11) is 0. The summed E-state index contributed by atoms with van der Waals surface area (Å²) in [5.74, 6) is 2.41. The van der Waals surface area contributed by atoms with Crippen molar-refractivity contribution in [3.63, 3.8) is 0 Å². The fraction of sp³-hybridized carbons (Fsp3) is 0.238. The lowest BCUT2D eigenvalue weighted by Gasteiger charge is -2.34. The third kappa shape index (κ3) is 4.11. The van der Waals surface area contributed by atoms with Gasteiger partial charge in [-0.25, -0.2) is 0 Å². The minimum atomic E-state index is -0.408. The van der Waals surface area contributed by atoms with E-state index >= 15 is 0 Å². The Balaban J connectivity index is 0.000000167. The number of piperidine rings is 1. The van der Waals surface area contributed by atoms with E-state index in [1.54, 1.807) is 11.0 Å². The Morgan fingerprint density at radius 1 is 1.27 bits per heavy atom. The van der Waals surface area contributed by atoms with Crippen LogP contribution in [0.1, 0.15) is 23.2 Å². The van der Waals surface area contributed by atoms with Crippen molar-refractivity contribution < 1.29 is 14.3 Å². The fourth-order valence-electron chi connectivity index (χ4n) is 2.93. The van der Waals surface area contributed by atoms with E-state index in [-0.39, 0.29) is 11.9 Å². The van der Waals surface area contributed by atoms with E-state index in [9.17, 15) is 9.90 Å². The first-order chi connectivity index (χ1) is 12.7. The highest BCUT2D eigenvalue weighted by molar-refractivity contribution is 5.94. The highest BCUT2D eigenvalue weighted by Crippen LogP contribution is 2.19. The van der Waals surface area contributed by atoms with Gasteiger partial charge < -0.3 is 14.4 Å². The minimum absolute atomic E-state index is 0.136. The van der Waals surface area contributed by atoms with Gasteiger partial charge in [-0.3, -0.25) is 9.78 Å². The highest BCUT2D eigenvalue weighted by Gasteiger charge is 2.30. The Labute approximate surface area is 152 Å². The number of furan rings is 1. The summed E-state index contributed by atoms with van der Waals surface area (Å²) in [6.45, 7) is 0.486. The number of benzene rings is 1. The third-order valence-electron chi connectivity index (χ3n) is 4.35. The number of rotatable bonds is 1. The number of amides is 1. The lowest BCUT2D eigenvalue weighted by Crippen LogP contribution is -2.46. The number of pyridine rings is 1. The van der Waals surface area contributed by atoms with Gasteiger partial charge in [0.15, 0.2) is 0 Å². The molecular weight excluding hydrogens is 328 g/mol. The van der Waals surface area contributed by atoms with Gasteiger partial charge in [0.25, 0.3) is 5.91 Å². The van der Waals surface area contributed by atoms with E-state index in [1.165, 1.54) is 23.3 Å². The van der Waals surface area contributed by atoms with Gasteiger partial charge in [-0.15, -0.1) is 6.42 Å². The SMILES string of the molecule is C#CC1CC(O)CCN1C(=O)c1ccoc1.c1ccc2cnccc2c1. The molecule has 1 N–H and O–H groups in total. The smallest absolute Gasteiger partial charge is 0.258 e. The summed E-state index contributed by atoms with van der Waals surface area (Å²) in [6, 6.07) is 11.5. The zero-order chi connectivity index (χ0) is 18.4.